The van der Waals surface area contributed by atoms with Crippen molar-refractivity contribution in [1.82, 2.24) is 0 Å². The molecule has 0 spiro atoms. The molecule has 0 bridgehead atoms. The Kier molecular flexibility index (Phi) is 4.27. The Balaban J connectivity index is 1.96. The summed E-state index contributed by atoms with van der Waals surface area (Å²) in [6, 6.07) is 5.35. The van der Waals surface area contributed by atoms with Crippen LogP contribution in [0.2, 0.25) is 5.02 Å². The van der Waals surface area contributed by atoms with Crippen LogP contribution in [-0.4, -0.2) is 16.7 Å². The third-order valence-corrected chi connectivity index (χ3v) is 6.18. The van der Waals surface area contributed by atoms with E-state index in [0.29, 0.717) is 58.9 Å². The van der Waals surface area contributed by atoms with Crippen LogP contribution >= 0.6 is 11.6 Å². The molecule has 1 unspecified atom stereocenters. The van der Waals surface area contributed by atoms with Gasteiger partial charge in [0.1, 0.15) is 17.3 Å². The van der Waals surface area contributed by atoms with Gasteiger partial charge in [-0.3, -0.25) is 9.59 Å². The first kappa shape index (κ1) is 19.3. The number of aliphatic hydroxyl groups is 1. The van der Waals surface area contributed by atoms with Crippen LogP contribution < -0.4 is 4.74 Å². The highest BCUT2D eigenvalue weighted by molar-refractivity contribution is 6.32. The molecule has 1 atom stereocenters. The molecule has 4 rings (SSSR count). The number of aliphatic hydroxyl groups excluding tert-OH is 1. The Morgan fingerprint density at radius 2 is 1.57 bits per heavy atom. The average Bonchev–Trinajstić information content (AvgIpc) is 2.52. The van der Waals surface area contributed by atoms with E-state index in [2.05, 4.69) is 0 Å². The van der Waals surface area contributed by atoms with E-state index in [1.165, 1.54) is 0 Å². The Morgan fingerprint density at radius 1 is 0.964 bits per heavy atom. The lowest BCUT2D eigenvalue weighted by molar-refractivity contribution is -0.119. The number of allylic oxidation sites excluding steroid dienone is 4. The summed E-state index contributed by atoms with van der Waals surface area (Å²) in [6.07, 6.45) is 1.71. The molecule has 2 aliphatic carbocycles. The van der Waals surface area contributed by atoms with E-state index < -0.39 is 5.92 Å². The van der Waals surface area contributed by atoms with Crippen molar-refractivity contribution in [3.8, 4) is 5.75 Å². The van der Waals surface area contributed by atoms with Gasteiger partial charge in [0.25, 0.3) is 0 Å². The minimum absolute atomic E-state index is 0.0280. The number of ether oxygens (including phenoxy) is 1. The summed E-state index contributed by atoms with van der Waals surface area (Å²) in [5, 5.41) is 11.3. The molecule has 1 aliphatic heterocycles. The SMILES string of the molecule is CC1(C)CC(=O)C(C2C3=C(CC(C)(C)CC3=O)Oc3c(Cl)cccc32)=C(O)C1. The maximum atomic E-state index is 13.1. The molecular formula is C23H25ClO4. The lowest BCUT2D eigenvalue weighted by Crippen LogP contribution is -2.36. The molecule has 1 N–H and O–H groups in total. The maximum absolute atomic E-state index is 13.1. The molecule has 0 amide bonds. The molecule has 28 heavy (non-hydrogen) atoms. The van der Waals surface area contributed by atoms with E-state index in [4.69, 9.17) is 16.3 Å². The minimum atomic E-state index is -0.621. The molecule has 0 fully saturated rings. The monoisotopic (exact) mass is 400 g/mol. The van der Waals surface area contributed by atoms with Crippen LogP contribution in [0.3, 0.4) is 0 Å². The van der Waals surface area contributed by atoms with Crippen molar-refractivity contribution < 1.29 is 19.4 Å². The Morgan fingerprint density at radius 3 is 2.21 bits per heavy atom. The molecule has 1 aromatic rings. The highest BCUT2D eigenvalue weighted by Gasteiger charge is 2.47. The largest absolute Gasteiger partial charge is 0.512 e. The van der Waals surface area contributed by atoms with Crippen LogP contribution in [0, 0.1) is 10.8 Å². The third kappa shape index (κ3) is 3.08. The quantitative estimate of drug-likeness (QED) is 0.660. The number of rotatable bonds is 1. The number of carbonyl (C=O) groups is 2. The van der Waals surface area contributed by atoms with Gasteiger partial charge in [-0.1, -0.05) is 51.4 Å². The van der Waals surface area contributed by atoms with E-state index in [1.807, 2.05) is 33.8 Å². The fraction of sp³-hybridized carbons (Fsp3) is 0.478. The van der Waals surface area contributed by atoms with Crippen molar-refractivity contribution in [3.05, 3.63) is 51.4 Å². The summed E-state index contributed by atoms with van der Waals surface area (Å²) >= 11 is 6.41. The summed E-state index contributed by atoms with van der Waals surface area (Å²) < 4.78 is 6.12. The van der Waals surface area contributed by atoms with Crippen LogP contribution in [0.1, 0.15) is 64.9 Å². The lowest BCUT2D eigenvalue weighted by Gasteiger charge is -2.40. The summed E-state index contributed by atoms with van der Waals surface area (Å²) in [4.78, 5) is 26.2. The van der Waals surface area contributed by atoms with Crippen molar-refractivity contribution in [1.29, 1.82) is 0 Å². The fourth-order valence-corrected chi connectivity index (χ4v) is 4.98. The van der Waals surface area contributed by atoms with Gasteiger partial charge in [-0.15, -0.1) is 0 Å². The highest BCUT2D eigenvalue weighted by atomic mass is 35.5. The number of carbonyl (C=O) groups excluding carboxylic acids is 2. The van der Waals surface area contributed by atoms with Crippen LogP contribution in [0.5, 0.6) is 5.75 Å². The molecule has 3 aliphatic rings. The first-order valence-electron chi connectivity index (χ1n) is 9.67. The summed E-state index contributed by atoms with van der Waals surface area (Å²) in [7, 11) is 0. The molecule has 148 valence electrons. The van der Waals surface area contributed by atoms with Gasteiger partial charge in [0.2, 0.25) is 0 Å². The van der Waals surface area contributed by atoms with Crippen LogP contribution in [-0.2, 0) is 9.59 Å². The average molecular weight is 401 g/mol. The zero-order valence-corrected chi connectivity index (χ0v) is 17.4. The van der Waals surface area contributed by atoms with Crippen LogP contribution in [0.25, 0.3) is 0 Å². The van der Waals surface area contributed by atoms with Crippen molar-refractivity contribution >= 4 is 23.2 Å². The molecule has 5 heteroatoms. The van der Waals surface area contributed by atoms with E-state index in [-0.39, 0.29) is 28.2 Å². The van der Waals surface area contributed by atoms with Crippen molar-refractivity contribution in [2.24, 2.45) is 10.8 Å². The smallest absolute Gasteiger partial charge is 0.163 e. The second-order valence-corrected chi connectivity index (χ2v) is 10.2. The van der Waals surface area contributed by atoms with Crippen molar-refractivity contribution in [2.75, 3.05) is 0 Å². The minimum Gasteiger partial charge on any atom is -0.512 e. The van der Waals surface area contributed by atoms with Gasteiger partial charge >= 0.3 is 0 Å². The first-order valence-corrected chi connectivity index (χ1v) is 10.0. The molecule has 0 saturated carbocycles. The topological polar surface area (TPSA) is 63.6 Å². The van der Waals surface area contributed by atoms with Gasteiger partial charge < -0.3 is 9.84 Å². The van der Waals surface area contributed by atoms with E-state index in [1.54, 1.807) is 12.1 Å². The third-order valence-electron chi connectivity index (χ3n) is 5.89. The predicted octanol–water partition coefficient (Wildman–Crippen LogP) is 5.66. The zero-order valence-electron chi connectivity index (χ0n) is 16.7. The number of para-hydroxylation sites is 1. The van der Waals surface area contributed by atoms with E-state index in [9.17, 15) is 14.7 Å². The number of Topliss-reactive ketones (excluding diaryl/α,β-unsaturated/α-hetero) is 2. The molecular weight excluding hydrogens is 376 g/mol. The number of ketones is 2. The van der Waals surface area contributed by atoms with Gasteiger partial charge in [-0.05, 0) is 16.9 Å². The number of halogens is 1. The second kappa shape index (κ2) is 6.21. The van der Waals surface area contributed by atoms with Crippen LogP contribution in [0.15, 0.2) is 40.9 Å². The Bertz CT molecular complexity index is 965. The van der Waals surface area contributed by atoms with Crippen molar-refractivity contribution in [3.63, 3.8) is 0 Å². The normalized spacial score (nSPS) is 26.0. The first-order chi connectivity index (χ1) is 13.0. The zero-order chi connectivity index (χ0) is 20.4. The number of hydrogen-bond acceptors (Lipinski definition) is 4. The standard InChI is InChI=1S/C23H25ClO4/c1-22(2)8-14(25)19(15(26)9-22)18-12-6-5-7-13(24)21(12)28-17-11-23(3,4)10-16(27)20(17)18/h5-7,18,25H,8-11H2,1-4H3. The van der Waals surface area contributed by atoms with Gasteiger partial charge in [0.15, 0.2) is 11.6 Å². The summed E-state index contributed by atoms with van der Waals surface area (Å²) in [6.45, 7) is 7.98. The maximum Gasteiger partial charge on any atom is 0.163 e. The summed E-state index contributed by atoms with van der Waals surface area (Å²) in [5.41, 5.74) is 0.973. The van der Waals surface area contributed by atoms with E-state index in [0.717, 1.165) is 0 Å². The van der Waals surface area contributed by atoms with Gasteiger partial charge in [0, 0.05) is 42.4 Å². The second-order valence-electron chi connectivity index (χ2n) is 9.77. The fourth-order valence-electron chi connectivity index (χ4n) is 4.76. The lowest BCUT2D eigenvalue weighted by atomic mass is 9.66. The highest BCUT2D eigenvalue weighted by Crippen LogP contribution is 2.54. The number of fused-ring (bicyclic) bond motifs is 1. The molecule has 4 nitrogen and oxygen atoms in total. The van der Waals surface area contributed by atoms with Gasteiger partial charge in [-0.2, -0.15) is 0 Å². The molecule has 1 heterocycles. The number of hydrogen-bond donors (Lipinski definition) is 1. The number of benzene rings is 1. The van der Waals surface area contributed by atoms with Crippen molar-refractivity contribution in [2.45, 2.75) is 59.3 Å². The molecule has 1 aromatic carbocycles. The Hall–Kier alpha value is -2.07. The molecule has 0 radical (unpaired) electrons. The van der Waals surface area contributed by atoms with Crippen LogP contribution in [0.4, 0.5) is 0 Å². The van der Waals surface area contributed by atoms with E-state index >= 15 is 0 Å². The van der Waals surface area contributed by atoms with Gasteiger partial charge in [-0.25, -0.2) is 0 Å². The predicted molar refractivity (Wildman–Crippen MR) is 108 cm³/mol. The molecule has 0 saturated heterocycles. The summed E-state index contributed by atoms with van der Waals surface area (Å²) in [5.74, 6) is 0.366. The van der Waals surface area contributed by atoms with Gasteiger partial charge in [0.05, 0.1) is 10.9 Å². The molecule has 0 aromatic heterocycles. The Labute approximate surface area is 170 Å².